The number of nitrogens with zero attached hydrogens (tertiary/aromatic N) is 2. The van der Waals surface area contributed by atoms with Gasteiger partial charge in [-0.2, -0.15) is 0 Å². The normalized spacial score (nSPS) is 10.3. The molecule has 3 N–H and O–H groups in total. The van der Waals surface area contributed by atoms with E-state index in [1.807, 2.05) is 0 Å². The average molecular weight is 430 g/mol. The maximum atomic E-state index is 12.5. The third-order valence-corrected chi connectivity index (χ3v) is 4.46. The van der Waals surface area contributed by atoms with Gasteiger partial charge in [-0.1, -0.05) is 36.2 Å². The highest BCUT2D eigenvalue weighted by Crippen LogP contribution is 2.26. The van der Waals surface area contributed by atoms with Crippen molar-refractivity contribution in [3.8, 4) is 0 Å². The SMILES string of the molecule is CCC(=O)Nc1ccc(Nc2cc(NC(=O)c3c(Cl)cccc3Cl)ccn2)nc1. The Morgan fingerprint density at radius 2 is 1.69 bits per heavy atom. The number of anilines is 4. The quantitative estimate of drug-likeness (QED) is 0.504. The molecule has 0 fully saturated rings. The number of nitrogens with one attached hydrogen (secondary N) is 3. The minimum absolute atomic E-state index is 0.0868. The lowest BCUT2D eigenvalue weighted by Gasteiger charge is -2.10. The number of aromatic nitrogens is 2. The first-order valence-corrected chi connectivity index (χ1v) is 9.46. The second-order valence-electron chi connectivity index (χ2n) is 5.94. The largest absolute Gasteiger partial charge is 0.325 e. The van der Waals surface area contributed by atoms with Crippen molar-refractivity contribution in [1.29, 1.82) is 0 Å². The van der Waals surface area contributed by atoms with Crippen molar-refractivity contribution < 1.29 is 9.59 Å². The molecule has 9 heteroatoms. The van der Waals surface area contributed by atoms with Gasteiger partial charge < -0.3 is 16.0 Å². The van der Waals surface area contributed by atoms with Crippen LogP contribution < -0.4 is 16.0 Å². The highest BCUT2D eigenvalue weighted by atomic mass is 35.5. The van der Waals surface area contributed by atoms with Crippen LogP contribution in [0.2, 0.25) is 10.0 Å². The molecule has 1 aromatic carbocycles. The first kappa shape index (κ1) is 20.6. The van der Waals surface area contributed by atoms with E-state index in [1.165, 1.54) is 0 Å². The molecule has 0 unspecified atom stereocenters. The van der Waals surface area contributed by atoms with E-state index in [1.54, 1.807) is 61.8 Å². The van der Waals surface area contributed by atoms with Gasteiger partial charge in [0.25, 0.3) is 5.91 Å². The molecule has 3 rings (SSSR count). The molecule has 0 spiro atoms. The van der Waals surface area contributed by atoms with Crippen molar-refractivity contribution in [3.05, 3.63) is 70.5 Å². The van der Waals surface area contributed by atoms with Crippen LogP contribution in [0, 0.1) is 0 Å². The molecule has 2 amide bonds. The molecule has 2 heterocycles. The second kappa shape index (κ2) is 9.36. The maximum absolute atomic E-state index is 12.5. The first-order valence-electron chi connectivity index (χ1n) is 8.70. The van der Waals surface area contributed by atoms with Gasteiger partial charge in [0.2, 0.25) is 5.91 Å². The molecular formula is C20H17Cl2N5O2. The Hall–Kier alpha value is -3.16. The van der Waals surface area contributed by atoms with Gasteiger partial charge in [-0.15, -0.1) is 0 Å². The van der Waals surface area contributed by atoms with Crippen LogP contribution >= 0.6 is 23.2 Å². The molecule has 148 valence electrons. The molecule has 0 aliphatic heterocycles. The van der Waals surface area contributed by atoms with Gasteiger partial charge in [-0.3, -0.25) is 9.59 Å². The van der Waals surface area contributed by atoms with E-state index < -0.39 is 5.91 Å². The Kier molecular flexibility index (Phi) is 6.64. The lowest BCUT2D eigenvalue weighted by Crippen LogP contribution is -2.13. The topological polar surface area (TPSA) is 96.0 Å². The summed E-state index contributed by atoms with van der Waals surface area (Å²) in [5, 5.41) is 9.04. The number of carbonyl (C=O) groups is 2. The third-order valence-electron chi connectivity index (χ3n) is 3.83. The molecule has 0 aliphatic rings. The summed E-state index contributed by atoms with van der Waals surface area (Å²) < 4.78 is 0. The number of hydrogen-bond donors (Lipinski definition) is 3. The van der Waals surface area contributed by atoms with E-state index >= 15 is 0 Å². The van der Waals surface area contributed by atoms with Crippen LogP contribution in [0.15, 0.2) is 54.9 Å². The molecular weight excluding hydrogens is 413 g/mol. The Bertz CT molecular complexity index is 1020. The van der Waals surface area contributed by atoms with Crippen LogP contribution in [0.25, 0.3) is 0 Å². The molecule has 0 bridgehead atoms. The summed E-state index contributed by atoms with van der Waals surface area (Å²) in [6, 6.07) is 11.6. The third kappa shape index (κ3) is 5.43. The first-order chi connectivity index (χ1) is 14.0. The lowest BCUT2D eigenvalue weighted by molar-refractivity contribution is -0.115. The number of halogens is 2. The van der Waals surface area contributed by atoms with Gasteiger partial charge in [-0.05, 0) is 30.3 Å². The summed E-state index contributed by atoms with van der Waals surface area (Å²) in [4.78, 5) is 32.4. The predicted molar refractivity (Wildman–Crippen MR) is 115 cm³/mol. The molecule has 0 saturated heterocycles. The minimum atomic E-state index is -0.424. The van der Waals surface area contributed by atoms with Crippen molar-refractivity contribution in [3.63, 3.8) is 0 Å². The molecule has 0 atom stereocenters. The Morgan fingerprint density at radius 1 is 0.931 bits per heavy atom. The van der Waals surface area contributed by atoms with E-state index in [9.17, 15) is 9.59 Å². The average Bonchev–Trinajstić information content (AvgIpc) is 2.69. The fourth-order valence-electron chi connectivity index (χ4n) is 2.41. The van der Waals surface area contributed by atoms with Gasteiger partial charge in [0, 0.05) is 24.4 Å². The number of pyridine rings is 2. The number of benzene rings is 1. The van der Waals surface area contributed by atoms with Crippen molar-refractivity contribution in [1.82, 2.24) is 9.97 Å². The Morgan fingerprint density at radius 3 is 2.34 bits per heavy atom. The zero-order chi connectivity index (χ0) is 20.8. The van der Waals surface area contributed by atoms with Gasteiger partial charge in [0.15, 0.2) is 0 Å². The fourth-order valence-corrected chi connectivity index (χ4v) is 2.98. The van der Waals surface area contributed by atoms with E-state index in [0.29, 0.717) is 29.4 Å². The van der Waals surface area contributed by atoms with E-state index in [-0.39, 0.29) is 21.5 Å². The van der Waals surface area contributed by atoms with Crippen LogP contribution in [-0.2, 0) is 4.79 Å². The summed E-state index contributed by atoms with van der Waals surface area (Å²) in [5.41, 5.74) is 1.32. The molecule has 3 aromatic rings. The maximum Gasteiger partial charge on any atom is 0.258 e. The van der Waals surface area contributed by atoms with Gasteiger partial charge in [0.05, 0.1) is 27.5 Å². The number of rotatable bonds is 6. The molecule has 29 heavy (non-hydrogen) atoms. The highest BCUT2D eigenvalue weighted by molar-refractivity contribution is 6.40. The van der Waals surface area contributed by atoms with Crippen LogP contribution in [-0.4, -0.2) is 21.8 Å². The second-order valence-corrected chi connectivity index (χ2v) is 6.75. The van der Waals surface area contributed by atoms with Crippen molar-refractivity contribution in [2.24, 2.45) is 0 Å². The van der Waals surface area contributed by atoms with Gasteiger partial charge in [-0.25, -0.2) is 9.97 Å². The van der Waals surface area contributed by atoms with Crippen LogP contribution in [0.5, 0.6) is 0 Å². The van der Waals surface area contributed by atoms with Crippen molar-refractivity contribution in [2.45, 2.75) is 13.3 Å². The number of hydrogen-bond acceptors (Lipinski definition) is 5. The zero-order valence-corrected chi connectivity index (χ0v) is 16.9. The van der Waals surface area contributed by atoms with Crippen LogP contribution in [0.4, 0.5) is 23.0 Å². The van der Waals surface area contributed by atoms with Crippen LogP contribution in [0.1, 0.15) is 23.7 Å². The summed E-state index contributed by atoms with van der Waals surface area (Å²) in [6.07, 6.45) is 3.48. The van der Waals surface area contributed by atoms with E-state index in [2.05, 4.69) is 25.9 Å². The molecule has 7 nitrogen and oxygen atoms in total. The van der Waals surface area contributed by atoms with Gasteiger partial charge in [0.1, 0.15) is 11.6 Å². The monoisotopic (exact) mass is 429 g/mol. The highest BCUT2D eigenvalue weighted by Gasteiger charge is 2.15. The summed E-state index contributed by atoms with van der Waals surface area (Å²) in [7, 11) is 0. The van der Waals surface area contributed by atoms with Crippen LogP contribution in [0.3, 0.4) is 0 Å². The smallest absolute Gasteiger partial charge is 0.258 e. The van der Waals surface area contributed by atoms with Gasteiger partial charge >= 0.3 is 0 Å². The number of carbonyl (C=O) groups excluding carboxylic acids is 2. The Balaban J connectivity index is 1.70. The standard InChI is InChI=1S/C20H17Cl2N5O2/c1-2-18(28)25-13-6-7-16(24-11-13)27-17-10-12(8-9-23-17)26-20(29)19-14(21)4-3-5-15(19)22/h3-11H,2H2,1H3,(H,25,28)(H2,23,24,26,27,29). The molecule has 0 aliphatic carbocycles. The molecule has 0 radical (unpaired) electrons. The summed E-state index contributed by atoms with van der Waals surface area (Å²) >= 11 is 12.2. The van der Waals surface area contributed by atoms with E-state index in [0.717, 1.165) is 0 Å². The Labute approximate surface area is 177 Å². The molecule has 2 aromatic heterocycles. The summed E-state index contributed by atoms with van der Waals surface area (Å²) in [6.45, 7) is 1.77. The summed E-state index contributed by atoms with van der Waals surface area (Å²) in [5.74, 6) is 0.499. The molecule has 0 saturated carbocycles. The van der Waals surface area contributed by atoms with Crippen molar-refractivity contribution in [2.75, 3.05) is 16.0 Å². The van der Waals surface area contributed by atoms with Crippen molar-refractivity contribution >= 4 is 58.0 Å². The lowest BCUT2D eigenvalue weighted by atomic mass is 10.2. The number of amides is 2. The predicted octanol–water partition coefficient (Wildman–Crippen LogP) is 5.13. The minimum Gasteiger partial charge on any atom is -0.325 e. The zero-order valence-electron chi connectivity index (χ0n) is 15.4. The fraction of sp³-hybridized carbons (Fsp3) is 0.100. The van der Waals surface area contributed by atoms with E-state index in [4.69, 9.17) is 23.2 Å².